The summed E-state index contributed by atoms with van der Waals surface area (Å²) >= 11 is 0. The Morgan fingerprint density at radius 3 is 2.38 bits per heavy atom. The van der Waals surface area contributed by atoms with E-state index in [1.807, 2.05) is 74.5 Å². The van der Waals surface area contributed by atoms with Gasteiger partial charge >= 0.3 is 0 Å². The maximum Gasteiger partial charge on any atom is 0.255 e. The van der Waals surface area contributed by atoms with Gasteiger partial charge < -0.3 is 10.6 Å². The third-order valence-electron chi connectivity index (χ3n) is 5.84. The van der Waals surface area contributed by atoms with E-state index < -0.39 is 0 Å². The molecule has 1 aromatic heterocycles. The van der Waals surface area contributed by atoms with E-state index >= 15 is 0 Å². The lowest BCUT2D eigenvalue weighted by molar-refractivity contribution is -0.126. The quantitative estimate of drug-likeness (QED) is 0.610. The Balaban J connectivity index is 1.56. The van der Waals surface area contributed by atoms with Crippen LogP contribution in [0, 0.1) is 5.92 Å². The van der Waals surface area contributed by atoms with Crippen molar-refractivity contribution in [3.8, 4) is 16.9 Å². The summed E-state index contributed by atoms with van der Waals surface area (Å²) in [6.07, 6.45) is 5.13. The first kappa shape index (κ1) is 21.8. The summed E-state index contributed by atoms with van der Waals surface area (Å²) in [5, 5.41) is 10.9. The maximum atomic E-state index is 13.3. The van der Waals surface area contributed by atoms with Gasteiger partial charge in [-0.1, -0.05) is 55.0 Å². The molecule has 1 heterocycles. The van der Waals surface area contributed by atoms with Crippen molar-refractivity contribution in [1.29, 1.82) is 0 Å². The molecule has 2 amide bonds. The van der Waals surface area contributed by atoms with Gasteiger partial charge in [-0.3, -0.25) is 9.59 Å². The molecule has 4 rings (SSSR count). The van der Waals surface area contributed by atoms with Gasteiger partial charge in [0.1, 0.15) is 5.69 Å². The molecule has 2 N–H and O–H groups in total. The highest BCUT2D eigenvalue weighted by Gasteiger charge is 2.29. The number of hydrogen-bond acceptors (Lipinski definition) is 3. The van der Waals surface area contributed by atoms with Gasteiger partial charge in [0.2, 0.25) is 5.91 Å². The summed E-state index contributed by atoms with van der Waals surface area (Å²) in [7, 11) is 0. The van der Waals surface area contributed by atoms with Crippen molar-refractivity contribution in [2.45, 2.75) is 51.6 Å². The highest BCUT2D eigenvalue weighted by atomic mass is 16.2. The molecule has 2 unspecified atom stereocenters. The maximum absolute atomic E-state index is 13.3. The number of carbonyl (C=O) groups is 2. The molecular formula is C26H30N4O2. The van der Waals surface area contributed by atoms with Gasteiger partial charge in [-0.15, -0.1) is 0 Å². The minimum Gasteiger partial charge on any atom is -0.354 e. The standard InChI is InChI=1S/C26H30N4O2/c1-18(2)27-25(31)20-12-9-13-21(16-20)28-26(32)23-17-30(22-14-7-4-8-15-22)29-24(23)19-10-5-3-6-11-19/h3-8,10-11,14-15,17-18,20-21H,9,12-13,16H2,1-2H3,(H,27,31)(H,28,32). The molecule has 0 aliphatic heterocycles. The average molecular weight is 431 g/mol. The van der Waals surface area contributed by atoms with Gasteiger partial charge in [0.15, 0.2) is 0 Å². The molecule has 1 aliphatic rings. The van der Waals surface area contributed by atoms with Crippen LogP contribution in [0.25, 0.3) is 16.9 Å². The van der Waals surface area contributed by atoms with Crippen LogP contribution in [-0.4, -0.2) is 33.7 Å². The lowest BCUT2D eigenvalue weighted by Crippen LogP contribution is -2.43. The van der Waals surface area contributed by atoms with E-state index in [1.165, 1.54) is 0 Å². The SMILES string of the molecule is CC(C)NC(=O)C1CCCC(NC(=O)c2cn(-c3ccccc3)nc2-c2ccccc2)C1. The molecule has 2 aromatic carbocycles. The predicted molar refractivity (Wildman–Crippen MR) is 125 cm³/mol. The van der Waals surface area contributed by atoms with E-state index in [1.54, 1.807) is 10.9 Å². The largest absolute Gasteiger partial charge is 0.354 e. The highest BCUT2D eigenvalue weighted by Crippen LogP contribution is 2.27. The Bertz CT molecular complexity index is 1060. The molecule has 2 atom stereocenters. The van der Waals surface area contributed by atoms with Gasteiger partial charge in [0.05, 0.1) is 11.3 Å². The van der Waals surface area contributed by atoms with E-state index in [0.29, 0.717) is 17.7 Å². The number of amides is 2. The Hall–Kier alpha value is -3.41. The summed E-state index contributed by atoms with van der Waals surface area (Å²) in [4.78, 5) is 25.8. The Kier molecular flexibility index (Phi) is 6.69. The second kappa shape index (κ2) is 9.81. The monoisotopic (exact) mass is 430 g/mol. The van der Waals surface area contributed by atoms with Crippen LogP contribution in [0.2, 0.25) is 0 Å². The first-order valence-electron chi connectivity index (χ1n) is 11.3. The van der Waals surface area contributed by atoms with Crippen molar-refractivity contribution in [3.05, 3.63) is 72.4 Å². The lowest BCUT2D eigenvalue weighted by Gasteiger charge is -2.29. The Labute approximate surface area is 189 Å². The highest BCUT2D eigenvalue weighted by molar-refractivity contribution is 6.00. The number of hydrogen-bond donors (Lipinski definition) is 2. The topological polar surface area (TPSA) is 76.0 Å². The zero-order valence-corrected chi connectivity index (χ0v) is 18.6. The minimum atomic E-state index is -0.152. The van der Waals surface area contributed by atoms with Crippen molar-refractivity contribution < 1.29 is 9.59 Å². The molecule has 6 heteroatoms. The molecule has 1 saturated carbocycles. The van der Waals surface area contributed by atoms with E-state index in [0.717, 1.165) is 30.5 Å². The number of carbonyl (C=O) groups excluding carboxylic acids is 2. The molecule has 0 bridgehead atoms. The molecule has 0 spiro atoms. The molecule has 6 nitrogen and oxygen atoms in total. The van der Waals surface area contributed by atoms with Crippen LogP contribution >= 0.6 is 0 Å². The molecule has 1 aliphatic carbocycles. The fraction of sp³-hybridized carbons (Fsp3) is 0.346. The summed E-state index contributed by atoms with van der Waals surface area (Å²) in [5.41, 5.74) is 2.97. The van der Waals surface area contributed by atoms with Gasteiger partial charge in [-0.05, 0) is 45.2 Å². The van der Waals surface area contributed by atoms with Gasteiger partial charge in [-0.25, -0.2) is 4.68 Å². The van der Waals surface area contributed by atoms with Gasteiger partial charge in [-0.2, -0.15) is 5.10 Å². The van der Waals surface area contributed by atoms with Crippen molar-refractivity contribution in [3.63, 3.8) is 0 Å². The van der Waals surface area contributed by atoms with Crippen molar-refractivity contribution >= 4 is 11.8 Å². The zero-order valence-electron chi connectivity index (χ0n) is 18.6. The summed E-state index contributed by atoms with van der Waals surface area (Å²) < 4.78 is 1.75. The lowest BCUT2D eigenvalue weighted by atomic mass is 9.85. The first-order chi connectivity index (χ1) is 15.5. The third-order valence-corrected chi connectivity index (χ3v) is 5.84. The molecule has 32 heavy (non-hydrogen) atoms. The van der Waals surface area contributed by atoms with Gasteiger partial charge in [0.25, 0.3) is 5.91 Å². The average Bonchev–Trinajstić information content (AvgIpc) is 3.26. The number of benzene rings is 2. The summed E-state index contributed by atoms with van der Waals surface area (Å²) in [5.74, 6) is -0.126. The van der Waals surface area contributed by atoms with E-state index in [-0.39, 0.29) is 29.8 Å². The zero-order chi connectivity index (χ0) is 22.5. The van der Waals surface area contributed by atoms with Crippen molar-refractivity contribution in [2.24, 2.45) is 5.92 Å². The van der Waals surface area contributed by atoms with Crippen LogP contribution in [-0.2, 0) is 4.79 Å². The Morgan fingerprint density at radius 1 is 1.00 bits per heavy atom. The number of rotatable bonds is 6. The van der Waals surface area contributed by atoms with Crippen molar-refractivity contribution in [2.75, 3.05) is 0 Å². The van der Waals surface area contributed by atoms with Crippen LogP contribution in [0.4, 0.5) is 0 Å². The smallest absolute Gasteiger partial charge is 0.255 e. The van der Waals surface area contributed by atoms with Gasteiger partial charge in [0, 0.05) is 29.8 Å². The molecule has 1 fully saturated rings. The second-order valence-corrected chi connectivity index (χ2v) is 8.73. The second-order valence-electron chi connectivity index (χ2n) is 8.73. The van der Waals surface area contributed by atoms with Crippen molar-refractivity contribution in [1.82, 2.24) is 20.4 Å². The molecule has 0 saturated heterocycles. The van der Waals surface area contributed by atoms with E-state index in [9.17, 15) is 9.59 Å². The number of aromatic nitrogens is 2. The van der Waals surface area contributed by atoms with E-state index in [4.69, 9.17) is 5.10 Å². The minimum absolute atomic E-state index is 0.0251. The normalized spacial score (nSPS) is 18.3. The fourth-order valence-electron chi connectivity index (χ4n) is 4.29. The van der Waals surface area contributed by atoms with Crippen LogP contribution in [0.5, 0.6) is 0 Å². The molecule has 166 valence electrons. The van der Waals surface area contributed by atoms with Crippen LogP contribution in [0.15, 0.2) is 66.9 Å². The number of nitrogens with one attached hydrogen (secondary N) is 2. The molecule has 0 radical (unpaired) electrons. The summed E-state index contributed by atoms with van der Waals surface area (Å²) in [6.45, 7) is 3.94. The number of para-hydroxylation sites is 1. The van der Waals surface area contributed by atoms with Crippen LogP contribution in [0.3, 0.4) is 0 Å². The predicted octanol–water partition coefficient (Wildman–Crippen LogP) is 4.35. The summed E-state index contributed by atoms with van der Waals surface area (Å²) in [6, 6.07) is 19.6. The van der Waals surface area contributed by atoms with Crippen LogP contribution < -0.4 is 10.6 Å². The van der Waals surface area contributed by atoms with E-state index in [2.05, 4.69) is 10.6 Å². The first-order valence-corrected chi connectivity index (χ1v) is 11.3. The molecule has 3 aromatic rings. The third kappa shape index (κ3) is 5.07. The Morgan fingerprint density at radius 2 is 1.69 bits per heavy atom. The number of nitrogens with zero attached hydrogens (tertiary/aromatic N) is 2. The van der Waals surface area contributed by atoms with Crippen LogP contribution in [0.1, 0.15) is 49.9 Å². The molecular weight excluding hydrogens is 400 g/mol. The fourth-order valence-corrected chi connectivity index (χ4v) is 4.29.